The van der Waals surface area contributed by atoms with Gasteiger partial charge < -0.3 is 0 Å². The van der Waals surface area contributed by atoms with Crippen LogP contribution in [0.3, 0.4) is 0 Å². The molecule has 0 aliphatic heterocycles. The van der Waals surface area contributed by atoms with Crippen molar-refractivity contribution in [3.8, 4) is 11.5 Å². The van der Waals surface area contributed by atoms with Crippen molar-refractivity contribution in [1.29, 1.82) is 0 Å². The van der Waals surface area contributed by atoms with E-state index in [4.69, 9.17) is 0 Å². The Kier molecular flexibility index (Phi) is 9.27. The predicted octanol–water partition coefficient (Wildman–Crippen LogP) is 5.69. The first-order valence-electron chi connectivity index (χ1n) is 7.60. The van der Waals surface area contributed by atoms with Gasteiger partial charge >= 0.3 is 0 Å². The van der Waals surface area contributed by atoms with Crippen LogP contribution in [0.15, 0.2) is 0 Å². The summed E-state index contributed by atoms with van der Waals surface area (Å²) in [4.78, 5) is 0. The molecule has 1 unspecified atom stereocenters. The molecule has 0 amide bonds. The topological polar surface area (TPSA) is 0 Å². The molecule has 0 spiro atoms. The van der Waals surface area contributed by atoms with Gasteiger partial charge in [0.1, 0.15) is 8.07 Å². The van der Waals surface area contributed by atoms with E-state index in [1.54, 1.807) is 0 Å². The molecule has 0 N–H and O–H groups in total. The third-order valence-electron chi connectivity index (χ3n) is 4.02. The first-order chi connectivity index (χ1) is 8.39. The Hall–Kier alpha value is 0.207. The summed E-state index contributed by atoms with van der Waals surface area (Å²) in [5.74, 6) is 3.55. The lowest BCUT2D eigenvalue weighted by molar-refractivity contribution is 0.838. The molecule has 0 aromatic heterocycles. The van der Waals surface area contributed by atoms with E-state index in [9.17, 15) is 0 Å². The van der Waals surface area contributed by atoms with Crippen molar-refractivity contribution in [2.75, 3.05) is 12.3 Å². The monoisotopic (exact) mass is 284 g/mol. The maximum Gasteiger partial charge on any atom is 0.145 e. The standard InChI is InChI=1S/C16H33PSi/c1-8-11-17-12-9-10-13-18(14(2)3,15(4)5)16(6)7/h14-17H,8-9,11-12H2,1-7H3. The number of rotatable bonds is 7. The Morgan fingerprint density at radius 2 is 1.39 bits per heavy atom. The largest absolute Gasteiger partial charge is 0.145 e. The van der Waals surface area contributed by atoms with Crippen molar-refractivity contribution >= 4 is 16.7 Å². The molecule has 0 aliphatic rings. The summed E-state index contributed by atoms with van der Waals surface area (Å²) in [5, 5.41) is 0. The van der Waals surface area contributed by atoms with E-state index in [1.807, 2.05) is 0 Å². The van der Waals surface area contributed by atoms with Crippen LogP contribution in [-0.2, 0) is 0 Å². The fraction of sp³-hybridized carbons (Fsp3) is 0.875. The van der Waals surface area contributed by atoms with Gasteiger partial charge in [0.15, 0.2) is 0 Å². The second-order valence-electron chi connectivity index (χ2n) is 6.20. The molecule has 0 aliphatic carbocycles. The summed E-state index contributed by atoms with van der Waals surface area (Å²) in [6.45, 7) is 16.6. The summed E-state index contributed by atoms with van der Waals surface area (Å²) < 4.78 is 0. The van der Waals surface area contributed by atoms with Crippen LogP contribution in [0.5, 0.6) is 0 Å². The lowest BCUT2D eigenvalue weighted by Crippen LogP contribution is -2.43. The van der Waals surface area contributed by atoms with Gasteiger partial charge in [-0.3, -0.25) is 0 Å². The summed E-state index contributed by atoms with van der Waals surface area (Å²) in [7, 11) is -0.332. The van der Waals surface area contributed by atoms with Crippen LogP contribution in [0.2, 0.25) is 16.6 Å². The Bertz CT molecular complexity index is 249. The van der Waals surface area contributed by atoms with Gasteiger partial charge in [-0.1, -0.05) is 54.9 Å². The van der Waals surface area contributed by atoms with Crippen LogP contribution < -0.4 is 0 Å². The van der Waals surface area contributed by atoms with Crippen LogP contribution in [0.25, 0.3) is 0 Å². The van der Waals surface area contributed by atoms with Crippen LogP contribution in [0, 0.1) is 11.5 Å². The first kappa shape index (κ1) is 18.2. The average Bonchev–Trinajstić information content (AvgIpc) is 2.26. The SMILES string of the molecule is CCCPCCC#C[Si](C(C)C)(C(C)C)C(C)C. The van der Waals surface area contributed by atoms with Gasteiger partial charge in [0.25, 0.3) is 0 Å². The summed E-state index contributed by atoms with van der Waals surface area (Å²) in [5.41, 5.74) is 6.10. The zero-order chi connectivity index (χ0) is 14.2. The smallest absolute Gasteiger partial charge is 0.130 e. The minimum absolute atomic E-state index is 0.767. The highest BCUT2D eigenvalue weighted by atomic mass is 31.1. The molecule has 2 heteroatoms. The van der Waals surface area contributed by atoms with E-state index in [1.165, 1.54) is 18.7 Å². The van der Waals surface area contributed by atoms with Crippen LogP contribution in [0.4, 0.5) is 0 Å². The quantitative estimate of drug-likeness (QED) is 0.244. The van der Waals surface area contributed by atoms with Crippen LogP contribution in [0.1, 0.15) is 61.3 Å². The molecule has 18 heavy (non-hydrogen) atoms. The molecule has 0 aromatic rings. The van der Waals surface area contributed by atoms with Crippen molar-refractivity contribution in [3.05, 3.63) is 0 Å². The minimum Gasteiger partial charge on any atom is -0.130 e. The molecular formula is C16H33PSi. The highest BCUT2D eigenvalue weighted by Gasteiger charge is 2.41. The van der Waals surface area contributed by atoms with E-state index < -0.39 is 8.07 Å². The molecule has 0 saturated carbocycles. The van der Waals surface area contributed by atoms with Crippen molar-refractivity contribution in [2.45, 2.75) is 77.9 Å². The van der Waals surface area contributed by atoms with Gasteiger partial charge in [-0.2, -0.15) is 0 Å². The molecule has 1 atom stereocenters. The molecule has 0 fully saturated rings. The summed E-state index contributed by atoms with van der Waals surface area (Å²) >= 11 is 0. The van der Waals surface area contributed by atoms with Gasteiger partial charge in [-0.05, 0) is 28.9 Å². The third kappa shape index (κ3) is 5.06. The first-order valence-corrected chi connectivity index (χ1v) is 11.2. The Morgan fingerprint density at radius 3 is 1.78 bits per heavy atom. The average molecular weight is 284 g/mol. The van der Waals surface area contributed by atoms with Crippen molar-refractivity contribution in [3.63, 3.8) is 0 Å². The third-order valence-corrected chi connectivity index (χ3v) is 11.8. The Balaban J connectivity index is 4.65. The second-order valence-corrected chi connectivity index (χ2v) is 13.3. The molecule has 0 nitrogen and oxygen atoms in total. The Labute approximate surface area is 119 Å². The second kappa shape index (κ2) is 9.16. The van der Waals surface area contributed by atoms with Crippen molar-refractivity contribution in [1.82, 2.24) is 0 Å². The summed E-state index contributed by atoms with van der Waals surface area (Å²) in [6, 6.07) is 0. The fourth-order valence-electron chi connectivity index (χ4n) is 3.10. The molecule has 0 saturated heterocycles. The highest BCUT2D eigenvalue weighted by molar-refractivity contribution is 7.37. The molecule has 0 aromatic carbocycles. The molecule has 0 heterocycles. The number of hydrogen-bond donors (Lipinski definition) is 0. The molecular weight excluding hydrogens is 251 g/mol. The lowest BCUT2D eigenvalue weighted by Gasteiger charge is -2.38. The maximum absolute atomic E-state index is 3.80. The minimum atomic E-state index is -1.45. The summed E-state index contributed by atoms with van der Waals surface area (Å²) in [6.07, 6.45) is 5.16. The van der Waals surface area contributed by atoms with Crippen molar-refractivity contribution < 1.29 is 0 Å². The van der Waals surface area contributed by atoms with E-state index in [0.29, 0.717) is 0 Å². The van der Waals surface area contributed by atoms with Gasteiger partial charge in [0.05, 0.1) is 0 Å². The normalized spacial score (nSPS) is 12.8. The van der Waals surface area contributed by atoms with Gasteiger partial charge in [0.2, 0.25) is 0 Å². The zero-order valence-corrected chi connectivity index (χ0v) is 15.6. The number of hydrogen-bond acceptors (Lipinski definition) is 0. The molecule has 106 valence electrons. The Morgan fingerprint density at radius 1 is 0.889 bits per heavy atom. The van der Waals surface area contributed by atoms with Crippen LogP contribution in [-0.4, -0.2) is 20.4 Å². The predicted molar refractivity (Wildman–Crippen MR) is 91.8 cm³/mol. The highest BCUT2D eigenvalue weighted by Crippen LogP contribution is 2.40. The molecule has 0 bridgehead atoms. The van der Waals surface area contributed by atoms with E-state index >= 15 is 0 Å². The molecule has 0 rings (SSSR count). The van der Waals surface area contributed by atoms with Crippen LogP contribution >= 0.6 is 8.58 Å². The van der Waals surface area contributed by atoms with E-state index in [0.717, 1.165) is 31.6 Å². The van der Waals surface area contributed by atoms with Gasteiger partial charge in [0, 0.05) is 6.42 Å². The van der Waals surface area contributed by atoms with Crippen molar-refractivity contribution in [2.24, 2.45) is 0 Å². The lowest BCUT2D eigenvalue weighted by atomic mass is 10.5. The zero-order valence-electron chi connectivity index (χ0n) is 13.6. The van der Waals surface area contributed by atoms with Gasteiger partial charge in [-0.25, -0.2) is 0 Å². The fourth-order valence-corrected chi connectivity index (χ4v) is 9.30. The van der Waals surface area contributed by atoms with E-state index in [2.05, 4.69) is 59.9 Å². The van der Waals surface area contributed by atoms with Gasteiger partial charge in [-0.15, -0.1) is 20.0 Å². The van der Waals surface area contributed by atoms with E-state index in [-0.39, 0.29) is 0 Å². The maximum atomic E-state index is 3.80. The molecule has 0 radical (unpaired) electrons.